The molecule has 0 radical (unpaired) electrons. The van der Waals surface area contributed by atoms with Crippen LogP contribution in [0, 0.1) is 0 Å². The highest BCUT2D eigenvalue weighted by Crippen LogP contribution is 2.42. The highest BCUT2D eigenvalue weighted by Gasteiger charge is 2.67. The number of rotatable bonds is 1. The van der Waals surface area contributed by atoms with Gasteiger partial charge >= 0.3 is 7.32 Å². The van der Waals surface area contributed by atoms with E-state index in [9.17, 15) is 0 Å². The van der Waals surface area contributed by atoms with Gasteiger partial charge in [-0.2, -0.15) is 0 Å². The van der Waals surface area contributed by atoms with Crippen molar-refractivity contribution >= 4 is 7.32 Å². The molecule has 0 saturated carbocycles. The summed E-state index contributed by atoms with van der Waals surface area (Å²) in [6.07, 6.45) is 1.48. The van der Waals surface area contributed by atoms with Gasteiger partial charge in [-0.05, 0) is 6.08 Å². The lowest BCUT2D eigenvalue weighted by molar-refractivity contribution is -0.432. The molecule has 3 heterocycles. The Morgan fingerprint density at radius 1 is 1.43 bits per heavy atom. The van der Waals surface area contributed by atoms with Gasteiger partial charge in [0.05, 0.1) is 0 Å². The third kappa shape index (κ3) is 0.247. The van der Waals surface area contributed by atoms with Gasteiger partial charge < -0.3 is 14.0 Å². The smallest absolute Gasteiger partial charge is 0.332 e. The first-order valence-corrected chi connectivity index (χ1v) is 2.02. The molecule has 0 aromatic rings. The van der Waals surface area contributed by atoms with Gasteiger partial charge in [-0.15, -0.1) is 0 Å². The van der Waals surface area contributed by atoms with E-state index in [1.54, 1.807) is 0 Å². The summed E-state index contributed by atoms with van der Waals surface area (Å²) < 4.78 is 14.4. The first kappa shape index (κ1) is 3.66. The third-order valence-corrected chi connectivity index (χ3v) is 1.03. The van der Waals surface area contributed by atoms with Gasteiger partial charge in [0.1, 0.15) is 0 Å². The predicted molar refractivity (Wildman–Crippen MR) is 21.9 cm³/mol. The van der Waals surface area contributed by atoms with E-state index in [0.29, 0.717) is 0 Å². The van der Waals surface area contributed by atoms with E-state index in [1.165, 1.54) is 6.08 Å². The summed E-state index contributed by atoms with van der Waals surface area (Å²) in [6.45, 7) is 3.42. The minimum Gasteiger partial charge on any atom is -0.332 e. The fourth-order valence-electron chi connectivity index (χ4n) is 0.573. The Labute approximate surface area is 41.0 Å². The van der Waals surface area contributed by atoms with Gasteiger partial charge in [0, 0.05) is 0 Å². The summed E-state index contributed by atoms with van der Waals surface area (Å²) in [5.41, 5.74) is 0. The van der Waals surface area contributed by atoms with Gasteiger partial charge in [-0.25, -0.2) is 0 Å². The normalized spacial score (nSPS) is 30.6. The molecule has 36 valence electrons. The number of hydrogen-bond donors (Lipinski definition) is 0. The molecule has 0 N–H and O–H groups in total. The minimum absolute atomic E-state index is 0.391. The van der Waals surface area contributed by atoms with Crippen LogP contribution >= 0.6 is 0 Å². The highest BCUT2D eigenvalue weighted by atomic mass is 17.1. The molecule has 3 aliphatic rings. The second kappa shape index (κ2) is 0.775. The van der Waals surface area contributed by atoms with Crippen molar-refractivity contribution in [3.63, 3.8) is 0 Å². The van der Waals surface area contributed by atoms with Crippen molar-refractivity contribution in [2.75, 3.05) is 0 Å². The SMILES string of the molecule is C=CC12OB(O1)O2. The molecule has 0 aliphatic carbocycles. The fraction of sp³-hybridized carbons (Fsp3) is 0.333. The van der Waals surface area contributed by atoms with Crippen LogP contribution in [0.5, 0.6) is 0 Å². The van der Waals surface area contributed by atoms with E-state index < -0.39 is 13.3 Å². The van der Waals surface area contributed by atoms with Crippen molar-refractivity contribution in [3.8, 4) is 0 Å². The quantitative estimate of drug-likeness (QED) is 0.338. The standard InChI is InChI=1S/C3H3BO3/c1-2-3-5-4(6-3)7-3/h2H,1H2. The summed E-state index contributed by atoms with van der Waals surface area (Å²) in [5, 5.41) is 0. The number of hydrogen-bond acceptors (Lipinski definition) is 3. The Morgan fingerprint density at radius 2 is 2.00 bits per heavy atom. The van der Waals surface area contributed by atoms with Gasteiger partial charge in [0.25, 0.3) is 5.97 Å². The zero-order valence-corrected chi connectivity index (χ0v) is 3.59. The largest absolute Gasteiger partial charge is 0.651 e. The first-order chi connectivity index (χ1) is 3.35. The molecule has 0 spiro atoms. The Bertz CT molecular complexity index is 106. The molecule has 0 aromatic heterocycles. The van der Waals surface area contributed by atoms with E-state index in [4.69, 9.17) is 14.0 Å². The van der Waals surface area contributed by atoms with E-state index in [-0.39, 0.29) is 0 Å². The molecule has 0 atom stereocenters. The lowest BCUT2D eigenvalue weighted by atomic mass is 10.0. The average molecular weight is 97.9 g/mol. The van der Waals surface area contributed by atoms with Crippen LogP contribution in [-0.4, -0.2) is 13.3 Å². The molecule has 2 bridgehead atoms. The highest BCUT2D eigenvalue weighted by molar-refractivity contribution is 6.43. The fourth-order valence-corrected chi connectivity index (χ4v) is 0.573. The molecule has 0 amide bonds. The zero-order chi connectivity index (χ0) is 4.91. The summed E-state index contributed by atoms with van der Waals surface area (Å²) in [5.74, 6) is -0.829. The third-order valence-electron chi connectivity index (χ3n) is 1.03. The molecule has 0 aromatic carbocycles. The van der Waals surface area contributed by atoms with Crippen molar-refractivity contribution in [1.82, 2.24) is 0 Å². The maximum absolute atomic E-state index is 4.80. The van der Waals surface area contributed by atoms with Crippen LogP contribution in [-0.2, 0) is 14.0 Å². The first-order valence-electron chi connectivity index (χ1n) is 2.02. The van der Waals surface area contributed by atoms with Crippen LogP contribution in [0.25, 0.3) is 0 Å². The van der Waals surface area contributed by atoms with E-state index in [0.717, 1.165) is 0 Å². The zero-order valence-electron chi connectivity index (χ0n) is 3.59. The van der Waals surface area contributed by atoms with Crippen molar-refractivity contribution in [2.45, 2.75) is 5.97 Å². The van der Waals surface area contributed by atoms with Crippen molar-refractivity contribution < 1.29 is 14.0 Å². The predicted octanol–water partition coefficient (Wildman–Crippen LogP) is -0.112. The Morgan fingerprint density at radius 3 is 2.00 bits per heavy atom. The maximum Gasteiger partial charge on any atom is 0.651 e. The van der Waals surface area contributed by atoms with E-state index >= 15 is 0 Å². The summed E-state index contributed by atoms with van der Waals surface area (Å²) >= 11 is 0. The molecule has 0 unspecified atom stereocenters. The molecule has 3 saturated heterocycles. The summed E-state index contributed by atoms with van der Waals surface area (Å²) in [4.78, 5) is 0. The van der Waals surface area contributed by atoms with Crippen molar-refractivity contribution in [2.24, 2.45) is 0 Å². The van der Waals surface area contributed by atoms with E-state index in [2.05, 4.69) is 6.58 Å². The Kier molecular flexibility index (Phi) is 0.405. The van der Waals surface area contributed by atoms with Gasteiger partial charge in [-0.1, -0.05) is 6.58 Å². The van der Waals surface area contributed by atoms with Crippen molar-refractivity contribution in [3.05, 3.63) is 12.7 Å². The molecule has 3 aliphatic heterocycles. The van der Waals surface area contributed by atoms with Gasteiger partial charge in [-0.3, -0.25) is 0 Å². The topological polar surface area (TPSA) is 27.7 Å². The molecule has 3 nitrogen and oxygen atoms in total. The van der Waals surface area contributed by atoms with Crippen LogP contribution in [0.2, 0.25) is 0 Å². The van der Waals surface area contributed by atoms with Crippen LogP contribution < -0.4 is 0 Å². The van der Waals surface area contributed by atoms with Crippen LogP contribution in [0.3, 0.4) is 0 Å². The van der Waals surface area contributed by atoms with Gasteiger partial charge in [0.15, 0.2) is 0 Å². The van der Waals surface area contributed by atoms with E-state index in [1.807, 2.05) is 0 Å². The lowest BCUT2D eigenvalue weighted by Gasteiger charge is -2.53. The molecular weight excluding hydrogens is 94.8 g/mol. The van der Waals surface area contributed by atoms with Crippen LogP contribution in [0.1, 0.15) is 0 Å². The lowest BCUT2D eigenvalue weighted by Crippen LogP contribution is -2.73. The maximum atomic E-state index is 4.80. The monoisotopic (exact) mass is 98.0 g/mol. The molecule has 3 fully saturated rings. The van der Waals surface area contributed by atoms with Crippen molar-refractivity contribution in [1.29, 1.82) is 0 Å². The second-order valence-electron chi connectivity index (χ2n) is 1.45. The molecule has 7 heavy (non-hydrogen) atoms. The van der Waals surface area contributed by atoms with Gasteiger partial charge in [0.2, 0.25) is 0 Å². The molecule has 3 rings (SSSR count). The summed E-state index contributed by atoms with van der Waals surface area (Å²) in [7, 11) is -0.391. The molecule has 4 heteroatoms. The summed E-state index contributed by atoms with van der Waals surface area (Å²) in [6, 6.07) is 0. The Balaban J connectivity index is 2.16. The van der Waals surface area contributed by atoms with Crippen LogP contribution in [0.4, 0.5) is 0 Å². The second-order valence-corrected chi connectivity index (χ2v) is 1.45. The average Bonchev–Trinajstić information content (AvgIpc) is 1.25. The minimum atomic E-state index is -0.829. The molecular formula is C3H3BO3. The van der Waals surface area contributed by atoms with Crippen LogP contribution in [0.15, 0.2) is 12.7 Å². The Hall–Kier alpha value is -0.315.